The standard InChI is InChI=1S/C32H37ClN2O2S/c33-28-16-10-15-27(21-28)23-35(31(36)19-20-38-24-26-13-6-2-7-14-26)30(22-25-11-4-1-5-12-25)32(37)34-29-17-8-3-9-18-29/h1-2,4-7,10-16,21,29-30H,3,8-9,17-20,22-24H2,(H,34,37). The van der Waals surface area contributed by atoms with Crippen molar-refractivity contribution in [3.8, 4) is 0 Å². The van der Waals surface area contributed by atoms with E-state index in [2.05, 4.69) is 17.4 Å². The second-order valence-corrected chi connectivity index (χ2v) is 11.5. The summed E-state index contributed by atoms with van der Waals surface area (Å²) in [6.07, 6.45) is 6.35. The molecule has 4 rings (SSSR count). The fourth-order valence-electron chi connectivity index (χ4n) is 5.00. The van der Waals surface area contributed by atoms with Crippen LogP contribution in [0.15, 0.2) is 84.9 Å². The highest BCUT2D eigenvalue weighted by Gasteiger charge is 2.31. The molecule has 3 aromatic rings. The first-order chi connectivity index (χ1) is 18.6. The van der Waals surface area contributed by atoms with Crippen molar-refractivity contribution in [2.45, 2.75) is 69.3 Å². The minimum atomic E-state index is -0.593. The molecule has 4 nitrogen and oxygen atoms in total. The van der Waals surface area contributed by atoms with Gasteiger partial charge in [-0.15, -0.1) is 0 Å². The molecule has 200 valence electrons. The molecule has 0 aromatic heterocycles. The lowest BCUT2D eigenvalue weighted by atomic mass is 9.94. The monoisotopic (exact) mass is 548 g/mol. The molecule has 1 aliphatic carbocycles. The second-order valence-electron chi connectivity index (χ2n) is 9.99. The molecule has 0 aliphatic heterocycles. The Bertz CT molecular complexity index is 1150. The Morgan fingerprint density at radius 3 is 2.21 bits per heavy atom. The number of carbonyl (C=O) groups excluding carboxylic acids is 2. The van der Waals surface area contributed by atoms with Crippen LogP contribution in [0.25, 0.3) is 0 Å². The number of rotatable bonds is 12. The largest absolute Gasteiger partial charge is 0.352 e. The summed E-state index contributed by atoms with van der Waals surface area (Å²) in [5.41, 5.74) is 3.21. The molecule has 1 N–H and O–H groups in total. The summed E-state index contributed by atoms with van der Waals surface area (Å²) < 4.78 is 0. The number of thioether (sulfide) groups is 1. The van der Waals surface area contributed by atoms with Crippen LogP contribution in [0.4, 0.5) is 0 Å². The maximum Gasteiger partial charge on any atom is 0.243 e. The SMILES string of the molecule is O=C(NC1CCCCC1)C(Cc1ccccc1)N(Cc1cccc(Cl)c1)C(=O)CCSCc1ccccc1. The van der Waals surface area contributed by atoms with Gasteiger partial charge in [-0.05, 0) is 41.7 Å². The summed E-state index contributed by atoms with van der Waals surface area (Å²) in [6, 6.07) is 27.4. The number of hydrogen-bond donors (Lipinski definition) is 1. The van der Waals surface area contributed by atoms with Crippen LogP contribution in [0.2, 0.25) is 5.02 Å². The van der Waals surface area contributed by atoms with Crippen LogP contribution >= 0.6 is 23.4 Å². The van der Waals surface area contributed by atoms with Crippen LogP contribution in [0.3, 0.4) is 0 Å². The zero-order valence-corrected chi connectivity index (χ0v) is 23.4. The molecular weight excluding hydrogens is 512 g/mol. The molecule has 2 amide bonds. The normalized spacial score (nSPS) is 14.6. The Balaban J connectivity index is 1.52. The van der Waals surface area contributed by atoms with E-state index in [0.717, 1.165) is 42.6 Å². The maximum absolute atomic E-state index is 13.8. The number of halogens is 1. The topological polar surface area (TPSA) is 49.4 Å². The lowest BCUT2D eigenvalue weighted by molar-refractivity contribution is -0.141. The van der Waals surface area contributed by atoms with E-state index in [-0.39, 0.29) is 17.9 Å². The zero-order chi connectivity index (χ0) is 26.6. The molecular formula is C32H37ClN2O2S. The summed E-state index contributed by atoms with van der Waals surface area (Å²) in [5.74, 6) is 1.48. The molecule has 1 atom stereocenters. The van der Waals surface area contributed by atoms with Gasteiger partial charge < -0.3 is 10.2 Å². The van der Waals surface area contributed by atoms with Crippen molar-refractivity contribution in [2.75, 3.05) is 5.75 Å². The first-order valence-electron chi connectivity index (χ1n) is 13.6. The van der Waals surface area contributed by atoms with Crippen molar-refractivity contribution in [3.05, 3.63) is 107 Å². The Kier molecular flexibility index (Phi) is 11.1. The number of carbonyl (C=O) groups is 2. The lowest BCUT2D eigenvalue weighted by Gasteiger charge is -2.33. The van der Waals surface area contributed by atoms with E-state index in [1.54, 1.807) is 16.7 Å². The van der Waals surface area contributed by atoms with Gasteiger partial charge in [0.25, 0.3) is 0 Å². The highest BCUT2D eigenvalue weighted by molar-refractivity contribution is 7.98. The summed E-state index contributed by atoms with van der Waals surface area (Å²) in [7, 11) is 0. The maximum atomic E-state index is 13.8. The molecule has 6 heteroatoms. The van der Waals surface area contributed by atoms with Gasteiger partial charge in [-0.1, -0.05) is 104 Å². The van der Waals surface area contributed by atoms with Gasteiger partial charge in [0.15, 0.2) is 0 Å². The van der Waals surface area contributed by atoms with Crippen molar-refractivity contribution >= 4 is 35.2 Å². The van der Waals surface area contributed by atoms with Crippen LogP contribution in [-0.4, -0.2) is 34.6 Å². The zero-order valence-electron chi connectivity index (χ0n) is 21.9. The summed E-state index contributed by atoms with van der Waals surface area (Å²) >= 11 is 8.03. The molecule has 0 spiro atoms. The van der Waals surface area contributed by atoms with Crippen LogP contribution in [0, 0.1) is 0 Å². The second kappa shape index (κ2) is 15.0. The smallest absolute Gasteiger partial charge is 0.243 e. The van der Waals surface area contributed by atoms with Crippen molar-refractivity contribution in [1.82, 2.24) is 10.2 Å². The summed E-state index contributed by atoms with van der Waals surface area (Å²) in [6.45, 7) is 0.346. The Labute approximate surface area is 236 Å². The average Bonchev–Trinajstić information content (AvgIpc) is 2.94. The Hall–Kier alpha value is -2.76. The number of amides is 2. The predicted molar refractivity (Wildman–Crippen MR) is 158 cm³/mol. The van der Waals surface area contributed by atoms with Crippen molar-refractivity contribution in [2.24, 2.45) is 0 Å². The van der Waals surface area contributed by atoms with Crippen molar-refractivity contribution in [1.29, 1.82) is 0 Å². The van der Waals surface area contributed by atoms with Crippen LogP contribution in [0.5, 0.6) is 0 Å². The van der Waals surface area contributed by atoms with E-state index < -0.39 is 6.04 Å². The molecule has 1 aliphatic rings. The molecule has 0 heterocycles. The highest BCUT2D eigenvalue weighted by atomic mass is 35.5. The average molecular weight is 549 g/mol. The third-order valence-corrected chi connectivity index (χ3v) is 8.30. The molecule has 0 saturated heterocycles. The number of nitrogens with one attached hydrogen (secondary N) is 1. The fraction of sp³-hybridized carbons (Fsp3) is 0.375. The van der Waals surface area contributed by atoms with Crippen LogP contribution in [0.1, 0.15) is 55.2 Å². The molecule has 3 aromatic carbocycles. The minimum absolute atomic E-state index is 0.00902. The highest BCUT2D eigenvalue weighted by Crippen LogP contribution is 2.22. The van der Waals surface area contributed by atoms with E-state index in [1.807, 2.05) is 72.8 Å². The van der Waals surface area contributed by atoms with Gasteiger partial charge in [0, 0.05) is 42.0 Å². The predicted octanol–water partition coefficient (Wildman–Crippen LogP) is 7.05. The lowest BCUT2D eigenvalue weighted by Crippen LogP contribution is -2.52. The third kappa shape index (κ3) is 8.92. The molecule has 1 unspecified atom stereocenters. The minimum Gasteiger partial charge on any atom is -0.352 e. The first-order valence-corrected chi connectivity index (χ1v) is 15.1. The van der Waals surface area contributed by atoms with Gasteiger partial charge in [0.2, 0.25) is 11.8 Å². The Morgan fingerprint density at radius 2 is 1.53 bits per heavy atom. The van der Waals surface area contributed by atoms with Crippen LogP contribution in [-0.2, 0) is 28.3 Å². The fourth-order valence-corrected chi connectivity index (χ4v) is 6.10. The van der Waals surface area contributed by atoms with Crippen molar-refractivity contribution < 1.29 is 9.59 Å². The Morgan fingerprint density at radius 1 is 0.868 bits per heavy atom. The van der Waals surface area contributed by atoms with Gasteiger partial charge >= 0.3 is 0 Å². The van der Waals surface area contributed by atoms with Crippen molar-refractivity contribution in [3.63, 3.8) is 0 Å². The molecule has 0 radical (unpaired) electrons. The quantitative estimate of drug-likeness (QED) is 0.247. The third-order valence-electron chi connectivity index (χ3n) is 7.04. The molecule has 1 fully saturated rings. The van der Waals surface area contributed by atoms with E-state index in [1.165, 1.54) is 12.0 Å². The van der Waals surface area contributed by atoms with Gasteiger partial charge in [0.1, 0.15) is 6.04 Å². The van der Waals surface area contributed by atoms with E-state index in [9.17, 15) is 9.59 Å². The van der Waals surface area contributed by atoms with E-state index in [0.29, 0.717) is 30.2 Å². The summed E-state index contributed by atoms with van der Waals surface area (Å²) in [4.78, 5) is 29.3. The van der Waals surface area contributed by atoms with E-state index in [4.69, 9.17) is 11.6 Å². The van der Waals surface area contributed by atoms with Gasteiger partial charge in [-0.25, -0.2) is 0 Å². The van der Waals surface area contributed by atoms with Gasteiger partial charge in [-0.2, -0.15) is 11.8 Å². The van der Waals surface area contributed by atoms with Gasteiger partial charge in [-0.3, -0.25) is 9.59 Å². The number of nitrogens with zero attached hydrogens (tertiary/aromatic N) is 1. The molecule has 0 bridgehead atoms. The molecule has 1 saturated carbocycles. The number of benzene rings is 3. The van der Waals surface area contributed by atoms with E-state index >= 15 is 0 Å². The van der Waals surface area contributed by atoms with Crippen LogP contribution < -0.4 is 5.32 Å². The molecule has 38 heavy (non-hydrogen) atoms. The first kappa shape index (κ1) is 28.3. The number of hydrogen-bond acceptors (Lipinski definition) is 3. The van der Waals surface area contributed by atoms with Gasteiger partial charge in [0.05, 0.1) is 0 Å². The summed E-state index contributed by atoms with van der Waals surface area (Å²) in [5, 5.41) is 3.92.